The maximum absolute atomic E-state index is 12.9. The zero-order valence-electron chi connectivity index (χ0n) is 6.41. The number of hydrogen-bond acceptors (Lipinski definition) is 4. The van der Waals surface area contributed by atoms with Gasteiger partial charge in [0, 0.05) is 0 Å². The fourth-order valence-corrected chi connectivity index (χ4v) is 1.88. The molecule has 5 heteroatoms. The highest BCUT2D eigenvalue weighted by atomic mass is 32.1. The molecule has 2 aromatic rings. The van der Waals surface area contributed by atoms with Crippen molar-refractivity contribution in [3.8, 4) is 6.07 Å². The average Bonchev–Trinajstić information content (AvgIpc) is 2.43. The number of aromatic nitrogens is 1. The summed E-state index contributed by atoms with van der Waals surface area (Å²) in [6.45, 7) is 0. The van der Waals surface area contributed by atoms with Gasteiger partial charge in [0.2, 0.25) is 0 Å². The predicted molar refractivity (Wildman–Crippen MR) is 48.7 cm³/mol. The highest BCUT2D eigenvalue weighted by Gasteiger charge is 2.08. The summed E-state index contributed by atoms with van der Waals surface area (Å²) >= 11 is 1.17. The molecular weight excluding hydrogens is 189 g/mol. The number of benzene rings is 1. The first-order valence-corrected chi connectivity index (χ1v) is 4.28. The largest absolute Gasteiger partial charge is 0.375 e. The van der Waals surface area contributed by atoms with Gasteiger partial charge in [-0.25, -0.2) is 9.37 Å². The Balaban J connectivity index is 2.90. The van der Waals surface area contributed by atoms with Crippen molar-refractivity contribution in [1.29, 1.82) is 5.26 Å². The summed E-state index contributed by atoms with van der Waals surface area (Å²) in [4.78, 5) is 3.93. The molecule has 64 valence electrons. The zero-order valence-corrected chi connectivity index (χ0v) is 7.23. The molecule has 0 atom stereocenters. The summed E-state index contributed by atoms with van der Waals surface area (Å²) in [6, 6.07) is 4.35. The number of halogens is 1. The number of anilines is 1. The minimum atomic E-state index is -0.437. The summed E-state index contributed by atoms with van der Waals surface area (Å²) in [6.07, 6.45) is 0. The molecule has 0 fully saturated rings. The van der Waals surface area contributed by atoms with E-state index in [0.29, 0.717) is 15.3 Å². The van der Waals surface area contributed by atoms with Gasteiger partial charge in [0.05, 0.1) is 10.3 Å². The molecule has 3 nitrogen and oxygen atoms in total. The number of nitriles is 1. The SMILES string of the molecule is N#Cc1cc(F)cc2sc(N)nc12. The lowest BCUT2D eigenvalue weighted by Gasteiger charge is -1.91. The van der Waals surface area contributed by atoms with Crippen LogP contribution in [0.4, 0.5) is 9.52 Å². The van der Waals surface area contributed by atoms with Crippen LogP contribution in [0.3, 0.4) is 0 Å². The lowest BCUT2D eigenvalue weighted by molar-refractivity contribution is 0.629. The summed E-state index contributed by atoms with van der Waals surface area (Å²) < 4.78 is 13.5. The minimum Gasteiger partial charge on any atom is -0.375 e. The Labute approximate surface area is 77.2 Å². The van der Waals surface area contributed by atoms with Crippen molar-refractivity contribution in [3.05, 3.63) is 23.5 Å². The molecule has 0 aliphatic carbocycles. The molecule has 1 heterocycles. The number of thiazole rings is 1. The number of fused-ring (bicyclic) bond motifs is 1. The van der Waals surface area contributed by atoms with Gasteiger partial charge in [-0.15, -0.1) is 0 Å². The molecular formula is C8H4FN3S. The van der Waals surface area contributed by atoms with Gasteiger partial charge >= 0.3 is 0 Å². The number of nitrogen functional groups attached to an aromatic ring is 1. The van der Waals surface area contributed by atoms with Crippen LogP contribution in [0, 0.1) is 17.1 Å². The van der Waals surface area contributed by atoms with E-state index in [0.717, 1.165) is 6.07 Å². The predicted octanol–water partition coefficient (Wildman–Crippen LogP) is 1.89. The van der Waals surface area contributed by atoms with Crippen LogP contribution in [-0.2, 0) is 0 Å². The topological polar surface area (TPSA) is 62.7 Å². The van der Waals surface area contributed by atoms with E-state index in [4.69, 9.17) is 11.0 Å². The molecule has 2 rings (SSSR count). The number of hydrogen-bond donors (Lipinski definition) is 1. The monoisotopic (exact) mass is 193 g/mol. The van der Waals surface area contributed by atoms with Crippen LogP contribution < -0.4 is 5.73 Å². The molecule has 0 aliphatic heterocycles. The minimum absolute atomic E-state index is 0.225. The quantitative estimate of drug-likeness (QED) is 0.694. The van der Waals surface area contributed by atoms with E-state index in [9.17, 15) is 4.39 Å². The summed E-state index contributed by atoms with van der Waals surface area (Å²) in [7, 11) is 0. The van der Waals surface area contributed by atoms with Crippen LogP contribution in [0.25, 0.3) is 10.2 Å². The van der Waals surface area contributed by atoms with Crippen molar-refractivity contribution >= 4 is 26.7 Å². The third-order valence-corrected chi connectivity index (χ3v) is 2.43. The fraction of sp³-hybridized carbons (Fsp3) is 0. The smallest absolute Gasteiger partial charge is 0.181 e. The highest BCUT2D eigenvalue weighted by molar-refractivity contribution is 7.22. The van der Waals surface area contributed by atoms with Crippen LogP contribution in [0.15, 0.2) is 12.1 Å². The van der Waals surface area contributed by atoms with Gasteiger partial charge in [-0.3, -0.25) is 0 Å². The molecule has 13 heavy (non-hydrogen) atoms. The summed E-state index contributed by atoms with van der Waals surface area (Å²) in [5.74, 6) is -0.437. The first kappa shape index (κ1) is 7.95. The molecule has 0 saturated carbocycles. The zero-order chi connectivity index (χ0) is 9.42. The van der Waals surface area contributed by atoms with E-state index >= 15 is 0 Å². The Bertz CT molecular complexity index is 512. The fourth-order valence-electron chi connectivity index (χ4n) is 1.10. The molecule has 1 aromatic carbocycles. The van der Waals surface area contributed by atoms with Gasteiger partial charge in [0.15, 0.2) is 5.13 Å². The summed E-state index contributed by atoms with van der Waals surface area (Å²) in [5, 5.41) is 9.02. The van der Waals surface area contributed by atoms with Gasteiger partial charge in [-0.05, 0) is 12.1 Å². The van der Waals surface area contributed by atoms with E-state index in [2.05, 4.69) is 4.98 Å². The molecule has 0 bridgehead atoms. The van der Waals surface area contributed by atoms with Crippen LogP contribution in [0.5, 0.6) is 0 Å². The van der Waals surface area contributed by atoms with Crippen LogP contribution in [0.2, 0.25) is 0 Å². The lowest BCUT2D eigenvalue weighted by atomic mass is 10.2. The summed E-state index contributed by atoms with van der Waals surface area (Å²) in [5.41, 5.74) is 6.14. The van der Waals surface area contributed by atoms with Crippen molar-refractivity contribution in [1.82, 2.24) is 4.98 Å². The van der Waals surface area contributed by atoms with Crippen molar-refractivity contribution in [2.45, 2.75) is 0 Å². The maximum Gasteiger partial charge on any atom is 0.181 e. The van der Waals surface area contributed by atoms with Gasteiger partial charge in [-0.2, -0.15) is 5.26 Å². The van der Waals surface area contributed by atoms with Crippen molar-refractivity contribution in [2.24, 2.45) is 0 Å². The number of nitrogens with zero attached hydrogens (tertiary/aromatic N) is 2. The van der Waals surface area contributed by atoms with Gasteiger partial charge in [0.25, 0.3) is 0 Å². The Morgan fingerprint density at radius 2 is 2.31 bits per heavy atom. The van der Waals surface area contributed by atoms with Gasteiger partial charge in [0.1, 0.15) is 17.4 Å². The van der Waals surface area contributed by atoms with Crippen molar-refractivity contribution in [3.63, 3.8) is 0 Å². The molecule has 0 spiro atoms. The number of rotatable bonds is 0. The lowest BCUT2D eigenvalue weighted by Crippen LogP contribution is -1.83. The normalized spacial score (nSPS) is 10.2. The maximum atomic E-state index is 12.9. The Kier molecular flexibility index (Phi) is 1.64. The Morgan fingerprint density at radius 3 is 3.00 bits per heavy atom. The van der Waals surface area contributed by atoms with E-state index in [-0.39, 0.29) is 5.56 Å². The first-order chi connectivity index (χ1) is 6.20. The van der Waals surface area contributed by atoms with E-state index < -0.39 is 5.82 Å². The standard InChI is InChI=1S/C8H4FN3S/c9-5-1-4(3-10)7-6(2-5)13-8(11)12-7/h1-2H,(H2,11,12). The highest BCUT2D eigenvalue weighted by Crippen LogP contribution is 2.26. The molecule has 0 radical (unpaired) electrons. The third-order valence-electron chi connectivity index (χ3n) is 1.60. The molecule has 1 aromatic heterocycles. The second kappa shape index (κ2) is 2.68. The van der Waals surface area contributed by atoms with E-state index in [1.807, 2.05) is 6.07 Å². The van der Waals surface area contributed by atoms with Crippen molar-refractivity contribution < 1.29 is 4.39 Å². The second-order valence-corrected chi connectivity index (χ2v) is 3.53. The molecule has 0 amide bonds. The van der Waals surface area contributed by atoms with Gasteiger partial charge < -0.3 is 5.73 Å². The van der Waals surface area contributed by atoms with E-state index in [1.54, 1.807) is 0 Å². The molecule has 2 N–H and O–H groups in total. The van der Waals surface area contributed by atoms with E-state index in [1.165, 1.54) is 17.4 Å². The average molecular weight is 193 g/mol. The second-order valence-electron chi connectivity index (χ2n) is 2.46. The molecule has 0 saturated heterocycles. The van der Waals surface area contributed by atoms with Crippen LogP contribution >= 0.6 is 11.3 Å². The third kappa shape index (κ3) is 1.21. The van der Waals surface area contributed by atoms with Crippen molar-refractivity contribution in [2.75, 3.05) is 5.73 Å². The molecule has 0 unspecified atom stereocenters. The van der Waals surface area contributed by atoms with Crippen LogP contribution in [-0.4, -0.2) is 4.98 Å². The van der Waals surface area contributed by atoms with Gasteiger partial charge in [-0.1, -0.05) is 11.3 Å². The number of nitrogens with two attached hydrogens (primary N) is 1. The molecule has 0 aliphatic rings. The first-order valence-electron chi connectivity index (χ1n) is 3.46. The Hall–Kier alpha value is -1.67. The van der Waals surface area contributed by atoms with Crippen LogP contribution in [0.1, 0.15) is 5.56 Å². The Morgan fingerprint density at radius 1 is 1.54 bits per heavy atom.